The highest BCUT2D eigenvalue weighted by Crippen LogP contribution is 2.14. The number of phenols is 1. The summed E-state index contributed by atoms with van der Waals surface area (Å²) >= 11 is 0. The van der Waals surface area contributed by atoms with E-state index in [-0.39, 0.29) is 24.4 Å². The Balaban J connectivity index is 1.48. The quantitative estimate of drug-likeness (QED) is 0.932. The maximum atomic E-state index is 12.4. The summed E-state index contributed by atoms with van der Waals surface area (Å²) in [6.45, 7) is 2.04. The number of piperazine rings is 1. The van der Waals surface area contributed by atoms with Crippen LogP contribution in [0.5, 0.6) is 5.75 Å². The van der Waals surface area contributed by atoms with E-state index in [1.54, 1.807) is 21.9 Å². The van der Waals surface area contributed by atoms with Crippen LogP contribution in [0.2, 0.25) is 0 Å². The second-order valence-electron chi connectivity index (χ2n) is 5.87. The SMILES string of the molecule is O=C(OCc1ccccc1)N1CCN(C(=O)c2ccc(O)cc2)CC1. The second kappa shape index (κ2) is 7.70. The molecule has 1 heterocycles. The van der Waals surface area contributed by atoms with Crippen molar-refractivity contribution < 1.29 is 19.4 Å². The molecule has 0 radical (unpaired) electrons. The van der Waals surface area contributed by atoms with E-state index in [9.17, 15) is 14.7 Å². The third-order valence-electron chi connectivity index (χ3n) is 4.14. The lowest BCUT2D eigenvalue weighted by molar-refractivity contribution is 0.0544. The van der Waals surface area contributed by atoms with Gasteiger partial charge in [-0.25, -0.2) is 4.79 Å². The van der Waals surface area contributed by atoms with Crippen molar-refractivity contribution in [2.75, 3.05) is 26.2 Å². The number of rotatable bonds is 3. The molecule has 0 spiro atoms. The monoisotopic (exact) mass is 340 g/mol. The molecule has 0 atom stereocenters. The molecule has 2 aromatic rings. The summed E-state index contributed by atoms with van der Waals surface area (Å²) in [5, 5.41) is 9.29. The van der Waals surface area contributed by atoms with Gasteiger partial charge in [-0.3, -0.25) is 4.79 Å². The Morgan fingerprint density at radius 1 is 0.880 bits per heavy atom. The van der Waals surface area contributed by atoms with Gasteiger partial charge in [-0.15, -0.1) is 0 Å². The first-order valence-electron chi connectivity index (χ1n) is 8.17. The van der Waals surface area contributed by atoms with Crippen LogP contribution >= 0.6 is 0 Å². The third kappa shape index (κ3) is 4.29. The number of aromatic hydroxyl groups is 1. The van der Waals surface area contributed by atoms with Crippen molar-refractivity contribution in [2.45, 2.75) is 6.61 Å². The van der Waals surface area contributed by atoms with Crippen molar-refractivity contribution >= 4 is 12.0 Å². The second-order valence-corrected chi connectivity index (χ2v) is 5.87. The van der Waals surface area contributed by atoms with Crippen LogP contribution in [0, 0.1) is 0 Å². The van der Waals surface area contributed by atoms with Gasteiger partial charge in [0.25, 0.3) is 5.91 Å². The number of benzene rings is 2. The number of nitrogens with zero attached hydrogens (tertiary/aromatic N) is 2. The minimum atomic E-state index is -0.361. The molecule has 1 N–H and O–H groups in total. The Kier molecular flexibility index (Phi) is 5.18. The molecule has 0 unspecified atom stereocenters. The van der Waals surface area contributed by atoms with Crippen molar-refractivity contribution in [1.29, 1.82) is 0 Å². The van der Waals surface area contributed by atoms with Crippen molar-refractivity contribution in [1.82, 2.24) is 9.80 Å². The number of hydrogen-bond acceptors (Lipinski definition) is 4. The van der Waals surface area contributed by atoms with Crippen LogP contribution in [0.15, 0.2) is 54.6 Å². The van der Waals surface area contributed by atoms with Gasteiger partial charge in [-0.05, 0) is 29.8 Å². The maximum Gasteiger partial charge on any atom is 0.410 e. The lowest BCUT2D eigenvalue weighted by Gasteiger charge is -2.34. The van der Waals surface area contributed by atoms with Gasteiger partial charge in [0.2, 0.25) is 0 Å². The smallest absolute Gasteiger partial charge is 0.410 e. The highest BCUT2D eigenvalue weighted by molar-refractivity contribution is 5.94. The van der Waals surface area contributed by atoms with Crippen LogP contribution in [0.25, 0.3) is 0 Å². The Labute approximate surface area is 146 Å². The normalized spacial score (nSPS) is 14.2. The standard InChI is InChI=1S/C19H20N2O4/c22-17-8-6-16(7-9-17)18(23)20-10-12-21(13-11-20)19(24)25-14-15-4-2-1-3-5-15/h1-9,22H,10-14H2. The molecule has 6 heteroatoms. The molecule has 1 fully saturated rings. The van der Waals surface area contributed by atoms with Gasteiger partial charge in [0, 0.05) is 31.7 Å². The highest BCUT2D eigenvalue weighted by atomic mass is 16.6. The van der Waals surface area contributed by atoms with Gasteiger partial charge < -0.3 is 19.6 Å². The minimum Gasteiger partial charge on any atom is -0.508 e. The number of hydrogen-bond donors (Lipinski definition) is 1. The predicted molar refractivity (Wildman–Crippen MR) is 92.2 cm³/mol. The molecule has 25 heavy (non-hydrogen) atoms. The molecule has 3 rings (SSSR count). The molecule has 130 valence electrons. The number of ether oxygens (including phenoxy) is 1. The van der Waals surface area contributed by atoms with Crippen LogP contribution in [0.1, 0.15) is 15.9 Å². The summed E-state index contributed by atoms with van der Waals surface area (Å²) in [6, 6.07) is 15.7. The first-order valence-corrected chi connectivity index (χ1v) is 8.17. The minimum absolute atomic E-state index is 0.0997. The van der Waals surface area contributed by atoms with Crippen molar-refractivity contribution in [2.24, 2.45) is 0 Å². The van der Waals surface area contributed by atoms with Crippen molar-refractivity contribution in [3.05, 3.63) is 65.7 Å². The van der Waals surface area contributed by atoms with E-state index in [0.717, 1.165) is 5.56 Å². The Bertz CT molecular complexity index is 723. The summed E-state index contributed by atoms with van der Waals surface area (Å²) in [6.07, 6.45) is -0.361. The van der Waals surface area contributed by atoms with Crippen molar-refractivity contribution in [3.8, 4) is 5.75 Å². The largest absolute Gasteiger partial charge is 0.508 e. The number of amides is 2. The van der Waals surface area contributed by atoms with Crippen LogP contribution in [-0.2, 0) is 11.3 Å². The first kappa shape index (κ1) is 16.8. The number of carbonyl (C=O) groups is 2. The molecule has 2 amide bonds. The molecule has 2 aromatic carbocycles. The van der Waals surface area contributed by atoms with Crippen LogP contribution in [-0.4, -0.2) is 53.1 Å². The Hall–Kier alpha value is -3.02. The molecular weight excluding hydrogens is 320 g/mol. The van der Waals surface area contributed by atoms with Gasteiger partial charge >= 0.3 is 6.09 Å². The fourth-order valence-corrected chi connectivity index (χ4v) is 2.69. The lowest BCUT2D eigenvalue weighted by Crippen LogP contribution is -2.50. The average molecular weight is 340 g/mol. The molecule has 0 bridgehead atoms. The molecule has 1 saturated heterocycles. The van der Waals surface area contributed by atoms with Crippen LogP contribution < -0.4 is 0 Å². The zero-order chi connectivity index (χ0) is 17.6. The van der Waals surface area contributed by atoms with Crippen LogP contribution in [0.3, 0.4) is 0 Å². The first-order chi connectivity index (χ1) is 12.1. The summed E-state index contributed by atoms with van der Waals surface area (Å²) < 4.78 is 5.32. The summed E-state index contributed by atoms with van der Waals surface area (Å²) in [5.41, 5.74) is 1.47. The molecule has 0 aliphatic carbocycles. The highest BCUT2D eigenvalue weighted by Gasteiger charge is 2.25. The molecule has 0 aromatic heterocycles. The van der Waals surface area contributed by atoms with E-state index in [1.807, 2.05) is 30.3 Å². The molecule has 1 aliphatic heterocycles. The van der Waals surface area contributed by atoms with Crippen LogP contribution in [0.4, 0.5) is 4.79 Å². The fraction of sp³-hybridized carbons (Fsp3) is 0.263. The molecular formula is C19H20N2O4. The fourth-order valence-electron chi connectivity index (χ4n) is 2.69. The molecule has 6 nitrogen and oxygen atoms in total. The van der Waals surface area contributed by atoms with Gasteiger partial charge in [-0.2, -0.15) is 0 Å². The maximum absolute atomic E-state index is 12.4. The predicted octanol–water partition coefficient (Wildman–Crippen LogP) is 2.49. The molecule has 1 aliphatic rings. The number of carbonyl (C=O) groups excluding carboxylic acids is 2. The third-order valence-corrected chi connectivity index (χ3v) is 4.14. The zero-order valence-corrected chi connectivity index (χ0v) is 13.8. The Morgan fingerprint density at radius 2 is 1.48 bits per heavy atom. The molecule has 0 saturated carbocycles. The van der Waals surface area contributed by atoms with E-state index >= 15 is 0 Å². The van der Waals surface area contributed by atoms with Crippen molar-refractivity contribution in [3.63, 3.8) is 0 Å². The Morgan fingerprint density at radius 3 is 2.12 bits per heavy atom. The van der Waals surface area contributed by atoms with Gasteiger partial charge in [-0.1, -0.05) is 30.3 Å². The average Bonchev–Trinajstić information content (AvgIpc) is 2.67. The van der Waals surface area contributed by atoms with E-state index in [2.05, 4.69) is 0 Å². The lowest BCUT2D eigenvalue weighted by atomic mass is 10.1. The van der Waals surface area contributed by atoms with E-state index in [0.29, 0.717) is 31.7 Å². The number of phenolic OH excluding ortho intramolecular Hbond substituents is 1. The summed E-state index contributed by atoms with van der Waals surface area (Å²) in [7, 11) is 0. The zero-order valence-electron chi connectivity index (χ0n) is 13.8. The summed E-state index contributed by atoms with van der Waals surface area (Å²) in [4.78, 5) is 27.9. The van der Waals surface area contributed by atoms with Gasteiger partial charge in [0.1, 0.15) is 12.4 Å². The van der Waals surface area contributed by atoms with E-state index < -0.39 is 0 Å². The van der Waals surface area contributed by atoms with Gasteiger partial charge in [0.15, 0.2) is 0 Å². The van der Waals surface area contributed by atoms with Gasteiger partial charge in [0.05, 0.1) is 0 Å². The van der Waals surface area contributed by atoms with E-state index in [1.165, 1.54) is 12.1 Å². The topological polar surface area (TPSA) is 70.1 Å². The van der Waals surface area contributed by atoms with E-state index in [4.69, 9.17) is 4.74 Å². The summed E-state index contributed by atoms with van der Waals surface area (Å²) in [5.74, 6) is 0.0276.